The van der Waals surface area contributed by atoms with Crippen LogP contribution in [0.2, 0.25) is 0 Å². The van der Waals surface area contributed by atoms with Crippen LogP contribution in [0, 0.1) is 5.82 Å². The Kier molecular flexibility index (Phi) is 8.87. The Morgan fingerprint density at radius 2 is 2.10 bits per heavy atom. The van der Waals surface area contributed by atoms with Gasteiger partial charge < -0.3 is 20.5 Å². The van der Waals surface area contributed by atoms with Crippen LogP contribution in [-0.4, -0.2) is 38.3 Å². The van der Waals surface area contributed by atoms with Gasteiger partial charge in [-0.15, -0.1) is 12.4 Å². The van der Waals surface area contributed by atoms with Crippen LogP contribution in [0.1, 0.15) is 6.92 Å². The number of ether oxygens (including phenoxy) is 2. The zero-order chi connectivity index (χ0) is 14.3. The largest absolute Gasteiger partial charge is 0.486 e. The Morgan fingerprint density at radius 1 is 1.45 bits per heavy atom. The molecule has 0 fully saturated rings. The fourth-order valence-corrected chi connectivity index (χ4v) is 1.43. The zero-order valence-corrected chi connectivity index (χ0v) is 12.3. The number of benzene rings is 1. The highest BCUT2D eigenvalue weighted by Gasteiger charge is 2.14. The molecule has 3 N–H and O–H groups in total. The highest BCUT2D eigenvalue weighted by Crippen LogP contribution is 2.16. The van der Waals surface area contributed by atoms with Crippen molar-refractivity contribution in [1.29, 1.82) is 0 Å². The van der Waals surface area contributed by atoms with Gasteiger partial charge in [-0.2, -0.15) is 0 Å². The number of carbonyl (C=O) groups excluding carboxylic acids is 1. The molecule has 0 spiro atoms. The summed E-state index contributed by atoms with van der Waals surface area (Å²) in [4.78, 5) is 11.5. The highest BCUT2D eigenvalue weighted by molar-refractivity contribution is 5.85. The van der Waals surface area contributed by atoms with Crippen molar-refractivity contribution in [1.82, 2.24) is 5.32 Å². The van der Waals surface area contributed by atoms with Crippen molar-refractivity contribution in [3.05, 3.63) is 30.1 Å². The second-order valence-corrected chi connectivity index (χ2v) is 4.17. The topological polar surface area (TPSA) is 73.6 Å². The predicted octanol–water partition coefficient (Wildman–Crippen LogP) is 1.10. The van der Waals surface area contributed by atoms with E-state index in [1.54, 1.807) is 19.1 Å². The molecule has 0 aromatic heterocycles. The Hall–Kier alpha value is -1.37. The number of hydrogen-bond acceptors (Lipinski definition) is 4. The molecule has 0 aliphatic carbocycles. The van der Waals surface area contributed by atoms with Gasteiger partial charge in [-0.1, -0.05) is 12.1 Å². The van der Waals surface area contributed by atoms with Crippen molar-refractivity contribution in [3.8, 4) is 5.75 Å². The lowest BCUT2D eigenvalue weighted by Crippen LogP contribution is -2.46. The Labute approximate surface area is 124 Å². The molecule has 0 heterocycles. The van der Waals surface area contributed by atoms with Crippen LogP contribution >= 0.6 is 12.4 Å². The number of para-hydroxylation sites is 1. The number of hydrogen-bond donors (Lipinski definition) is 2. The standard InChI is InChI=1S/C13H19FN2O3.ClH/c1-9(7-16-13(17)11(15)8-18-2)19-12-6-4-3-5-10(12)14;/h3-6,9,11H,7-8,15H2,1-2H3,(H,16,17);1H. The van der Waals surface area contributed by atoms with E-state index in [4.69, 9.17) is 15.2 Å². The number of rotatable bonds is 7. The number of methoxy groups -OCH3 is 1. The average molecular weight is 307 g/mol. The van der Waals surface area contributed by atoms with Gasteiger partial charge in [0.05, 0.1) is 13.2 Å². The van der Waals surface area contributed by atoms with Gasteiger partial charge in [0.2, 0.25) is 5.91 Å². The predicted molar refractivity (Wildman–Crippen MR) is 76.6 cm³/mol. The van der Waals surface area contributed by atoms with E-state index in [9.17, 15) is 9.18 Å². The fourth-order valence-electron chi connectivity index (χ4n) is 1.43. The van der Waals surface area contributed by atoms with E-state index in [1.807, 2.05) is 0 Å². The molecule has 1 aromatic carbocycles. The van der Waals surface area contributed by atoms with E-state index >= 15 is 0 Å². The Morgan fingerprint density at radius 3 is 2.70 bits per heavy atom. The second-order valence-electron chi connectivity index (χ2n) is 4.17. The normalized spacial score (nSPS) is 13.0. The number of carbonyl (C=O) groups is 1. The van der Waals surface area contributed by atoms with Crippen molar-refractivity contribution in [3.63, 3.8) is 0 Å². The molecular formula is C13H20ClFN2O3. The maximum absolute atomic E-state index is 13.3. The summed E-state index contributed by atoms with van der Waals surface area (Å²) in [5.41, 5.74) is 5.55. The molecule has 0 bridgehead atoms. The van der Waals surface area contributed by atoms with Crippen molar-refractivity contribution < 1.29 is 18.7 Å². The number of amides is 1. The first kappa shape index (κ1) is 18.6. The maximum atomic E-state index is 13.3. The van der Waals surface area contributed by atoms with Crippen molar-refractivity contribution >= 4 is 18.3 Å². The van der Waals surface area contributed by atoms with Crippen LogP contribution in [0.3, 0.4) is 0 Å². The Balaban J connectivity index is 0.00000361. The number of nitrogens with one attached hydrogen (secondary N) is 1. The van der Waals surface area contributed by atoms with Gasteiger partial charge >= 0.3 is 0 Å². The van der Waals surface area contributed by atoms with Crippen LogP contribution in [0.5, 0.6) is 5.75 Å². The van der Waals surface area contributed by atoms with Gasteiger partial charge in [-0.05, 0) is 19.1 Å². The molecule has 0 radical (unpaired) electrons. The molecule has 5 nitrogen and oxygen atoms in total. The lowest BCUT2D eigenvalue weighted by atomic mass is 10.3. The van der Waals surface area contributed by atoms with Crippen molar-refractivity contribution in [2.24, 2.45) is 5.73 Å². The fraction of sp³-hybridized carbons (Fsp3) is 0.462. The first-order chi connectivity index (χ1) is 9.04. The molecule has 0 aliphatic rings. The third-order valence-electron chi connectivity index (χ3n) is 2.41. The summed E-state index contributed by atoms with van der Waals surface area (Å²) in [5.74, 6) is -0.604. The number of halogens is 2. The summed E-state index contributed by atoms with van der Waals surface area (Å²) in [7, 11) is 1.47. The van der Waals surface area contributed by atoms with Gasteiger partial charge in [0.15, 0.2) is 11.6 Å². The summed E-state index contributed by atoms with van der Waals surface area (Å²) in [6, 6.07) is 5.39. The minimum atomic E-state index is -0.717. The summed E-state index contributed by atoms with van der Waals surface area (Å²) in [5, 5.41) is 2.62. The molecule has 0 aliphatic heterocycles. The number of nitrogens with two attached hydrogens (primary N) is 1. The molecule has 20 heavy (non-hydrogen) atoms. The first-order valence-electron chi connectivity index (χ1n) is 5.98. The van der Waals surface area contributed by atoms with Crippen LogP contribution < -0.4 is 15.8 Å². The monoisotopic (exact) mass is 306 g/mol. The van der Waals surface area contributed by atoms with Crippen LogP contribution in [0.25, 0.3) is 0 Å². The molecule has 2 atom stereocenters. The average Bonchev–Trinajstić information content (AvgIpc) is 2.39. The van der Waals surface area contributed by atoms with E-state index in [-0.39, 0.29) is 43.3 Å². The summed E-state index contributed by atoms with van der Waals surface area (Å²) in [6.45, 7) is 2.12. The first-order valence-corrected chi connectivity index (χ1v) is 5.98. The van der Waals surface area contributed by atoms with E-state index in [0.717, 1.165) is 0 Å². The maximum Gasteiger partial charge on any atom is 0.239 e. The molecule has 0 saturated carbocycles. The minimum Gasteiger partial charge on any atom is -0.486 e. The summed E-state index contributed by atoms with van der Waals surface area (Å²) < 4.78 is 23.5. The van der Waals surface area contributed by atoms with Crippen molar-refractivity contribution in [2.75, 3.05) is 20.3 Å². The van der Waals surface area contributed by atoms with Gasteiger partial charge in [-0.3, -0.25) is 4.79 Å². The SMILES string of the molecule is COCC(N)C(=O)NCC(C)Oc1ccccc1F.Cl. The third kappa shape index (κ3) is 6.18. The summed E-state index contributed by atoms with van der Waals surface area (Å²) in [6.07, 6.45) is -0.365. The van der Waals surface area contributed by atoms with Gasteiger partial charge in [0.1, 0.15) is 12.1 Å². The molecule has 1 rings (SSSR count). The summed E-state index contributed by atoms with van der Waals surface area (Å²) >= 11 is 0. The van der Waals surface area contributed by atoms with Gasteiger partial charge in [-0.25, -0.2) is 4.39 Å². The third-order valence-corrected chi connectivity index (χ3v) is 2.41. The zero-order valence-electron chi connectivity index (χ0n) is 11.5. The van der Waals surface area contributed by atoms with Gasteiger partial charge in [0.25, 0.3) is 0 Å². The minimum absolute atomic E-state index is 0. The molecule has 2 unspecified atom stereocenters. The van der Waals surface area contributed by atoms with Crippen molar-refractivity contribution in [2.45, 2.75) is 19.1 Å². The molecule has 1 aromatic rings. The highest BCUT2D eigenvalue weighted by atomic mass is 35.5. The van der Waals surface area contributed by atoms with Crippen LogP contribution in [0.4, 0.5) is 4.39 Å². The molecule has 7 heteroatoms. The quantitative estimate of drug-likeness (QED) is 0.791. The molecule has 1 amide bonds. The molecule has 114 valence electrons. The van der Waals surface area contributed by atoms with E-state index in [2.05, 4.69) is 5.32 Å². The van der Waals surface area contributed by atoms with Crippen LogP contribution in [0.15, 0.2) is 24.3 Å². The van der Waals surface area contributed by atoms with Crippen LogP contribution in [-0.2, 0) is 9.53 Å². The van der Waals surface area contributed by atoms with E-state index in [1.165, 1.54) is 19.2 Å². The Bertz CT molecular complexity index is 420. The van der Waals surface area contributed by atoms with E-state index < -0.39 is 11.9 Å². The molecule has 0 saturated heterocycles. The lowest BCUT2D eigenvalue weighted by Gasteiger charge is -2.17. The van der Waals surface area contributed by atoms with Gasteiger partial charge in [0, 0.05) is 7.11 Å². The molecular weight excluding hydrogens is 287 g/mol. The second kappa shape index (κ2) is 9.52. The van der Waals surface area contributed by atoms with E-state index in [0.29, 0.717) is 0 Å². The smallest absolute Gasteiger partial charge is 0.239 e. The lowest BCUT2D eigenvalue weighted by molar-refractivity contribution is -0.123.